The molecule has 2 unspecified atom stereocenters. The lowest BCUT2D eigenvalue weighted by Crippen LogP contribution is -2.55. The Morgan fingerprint density at radius 2 is 2.15 bits per heavy atom. The number of thiol groups is 1. The van der Waals surface area contributed by atoms with Crippen LogP contribution >= 0.6 is 12.6 Å². The van der Waals surface area contributed by atoms with Gasteiger partial charge in [0.05, 0.1) is 24.3 Å². The number of carbonyl (C=O) groups is 1. The molecule has 3 nitrogen and oxygen atoms in total. The van der Waals surface area contributed by atoms with Crippen molar-refractivity contribution in [2.24, 2.45) is 0 Å². The summed E-state index contributed by atoms with van der Waals surface area (Å²) in [5.74, 6) is -0.717. The highest BCUT2D eigenvalue weighted by Crippen LogP contribution is 2.30. The van der Waals surface area contributed by atoms with Crippen LogP contribution in [0, 0.1) is 5.82 Å². The van der Waals surface area contributed by atoms with Gasteiger partial charge >= 0.3 is 0 Å². The van der Waals surface area contributed by atoms with Gasteiger partial charge in [0.2, 0.25) is 0 Å². The van der Waals surface area contributed by atoms with Crippen LogP contribution in [0.2, 0.25) is 0 Å². The van der Waals surface area contributed by atoms with Crippen molar-refractivity contribution < 1.29 is 13.9 Å². The van der Waals surface area contributed by atoms with E-state index < -0.39 is 5.82 Å². The van der Waals surface area contributed by atoms with Gasteiger partial charge in [-0.2, -0.15) is 0 Å². The molecule has 1 aliphatic carbocycles. The summed E-state index contributed by atoms with van der Waals surface area (Å²) in [6.07, 6.45) is 4.29. The summed E-state index contributed by atoms with van der Waals surface area (Å²) in [5.41, 5.74) is 0.115. The zero-order valence-corrected chi connectivity index (χ0v) is 12.1. The zero-order chi connectivity index (χ0) is 14.1. The maximum absolute atomic E-state index is 13.9. The molecule has 20 heavy (non-hydrogen) atoms. The molecule has 1 amide bonds. The van der Waals surface area contributed by atoms with Gasteiger partial charge in [0.25, 0.3) is 5.91 Å². The Hall–Kier alpha value is -1.07. The minimum absolute atomic E-state index is 0.0907. The van der Waals surface area contributed by atoms with Crippen molar-refractivity contribution in [3.05, 3.63) is 29.6 Å². The van der Waals surface area contributed by atoms with E-state index in [0.29, 0.717) is 18.0 Å². The molecular weight excluding hydrogens is 277 g/mol. The average Bonchev–Trinajstić information content (AvgIpc) is 2.48. The third-order valence-corrected chi connectivity index (χ3v) is 4.45. The quantitative estimate of drug-likeness (QED) is 0.807. The lowest BCUT2D eigenvalue weighted by atomic mass is 9.89. The van der Waals surface area contributed by atoms with Gasteiger partial charge in [-0.15, -0.1) is 12.6 Å². The topological polar surface area (TPSA) is 29.5 Å². The number of amides is 1. The van der Waals surface area contributed by atoms with Crippen LogP contribution in [0.15, 0.2) is 23.1 Å². The number of hydrogen-bond donors (Lipinski definition) is 1. The summed E-state index contributed by atoms with van der Waals surface area (Å²) < 4.78 is 19.6. The highest BCUT2D eigenvalue weighted by Gasteiger charge is 2.37. The van der Waals surface area contributed by atoms with E-state index in [0.717, 1.165) is 25.7 Å². The molecule has 1 aromatic carbocycles. The maximum Gasteiger partial charge on any atom is 0.257 e. The third kappa shape index (κ3) is 2.56. The number of carbonyl (C=O) groups excluding carboxylic acids is 1. The van der Waals surface area contributed by atoms with Gasteiger partial charge in [-0.05, 0) is 31.0 Å². The second kappa shape index (κ2) is 5.74. The van der Waals surface area contributed by atoms with Crippen molar-refractivity contribution in [2.75, 3.05) is 13.2 Å². The molecule has 1 heterocycles. The number of morpholine rings is 1. The molecule has 1 aliphatic heterocycles. The fraction of sp³-hybridized carbons (Fsp3) is 0.533. The van der Waals surface area contributed by atoms with Crippen LogP contribution < -0.4 is 0 Å². The normalized spacial score (nSPS) is 26.2. The minimum atomic E-state index is -0.480. The van der Waals surface area contributed by atoms with Crippen LogP contribution in [-0.4, -0.2) is 36.1 Å². The number of rotatable bonds is 1. The minimum Gasteiger partial charge on any atom is -0.374 e. The molecule has 0 N–H and O–H groups in total. The number of hydrogen-bond acceptors (Lipinski definition) is 3. The molecule has 3 rings (SSSR count). The number of halogens is 1. The average molecular weight is 295 g/mol. The van der Waals surface area contributed by atoms with Crippen LogP contribution in [0.5, 0.6) is 0 Å². The van der Waals surface area contributed by atoms with Crippen LogP contribution in [0.1, 0.15) is 36.0 Å². The number of benzene rings is 1. The van der Waals surface area contributed by atoms with Crippen LogP contribution in [0.25, 0.3) is 0 Å². The first-order valence-corrected chi connectivity index (χ1v) is 7.52. The molecule has 1 saturated carbocycles. The lowest BCUT2D eigenvalue weighted by molar-refractivity contribution is -0.0753. The lowest BCUT2D eigenvalue weighted by Gasteiger charge is -2.43. The summed E-state index contributed by atoms with van der Waals surface area (Å²) in [4.78, 5) is 15.0. The van der Waals surface area contributed by atoms with Gasteiger partial charge in [0.1, 0.15) is 5.82 Å². The van der Waals surface area contributed by atoms with E-state index in [-0.39, 0.29) is 23.6 Å². The Labute approximate surface area is 123 Å². The molecule has 5 heteroatoms. The number of ether oxygens (including phenoxy) is 1. The van der Waals surface area contributed by atoms with Crippen LogP contribution in [0.3, 0.4) is 0 Å². The number of fused-ring (bicyclic) bond motifs is 1. The van der Waals surface area contributed by atoms with E-state index in [1.165, 1.54) is 12.1 Å². The second-order valence-electron chi connectivity index (χ2n) is 5.42. The molecule has 108 valence electrons. The first kappa shape index (κ1) is 13.9. The molecule has 0 aromatic heterocycles. The predicted octanol–water partition coefficient (Wildman–Crippen LogP) is 2.90. The van der Waals surface area contributed by atoms with Crippen molar-refractivity contribution in [1.29, 1.82) is 0 Å². The van der Waals surface area contributed by atoms with Crippen molar-refractivity contribution in [2.45, 2.75) is 42.7 Å². The SMILES string of the molecule is O=C(c1cc(S)ccc1F)N1CCOC2CCCCC21. The van der Waals surface area contributed by atoms with Gasteiger partial charge in [0, 0.05) is 11.4 Å². The molecule has 0 spiro atoms. The third-order valence-electron chi connectivity index (χ3n) is 4.17. The number of nitrogens with zero attached hydrogens (tertiary/aromatic N) is 1. The fourth-order valence-corrected chi connectivity index (χ4v) is 3.38. The van der Waals surface area contributed by atoms with Gasteiger partial charge in [-0.3, -0.25) is 4.79 Å². The van der Waals surface area contributed by atoms with Gasteiger partial charge < -0.3 is 9.64 Å². The van der Waals surface area contributed by atoms with E-state index in [4.69, 9.17) is 4.74 Å². The highest BCUT2D eigenvalue weighted by molar-refractivity contribution is 7.80. The molecule has 2 aliphatic rings. The Kier molecular flexibility index (Phi) is 3.98. The Morgan fingerprint density at radius 3 is 3.00 bits per heavy atom. The monoisotopic (exact) mass is 295 g/mol. The van der Waals surface area contributed by atoms with E-state index in [1.807, 2.05) is 0 Å². The Morgan fingerprint density at radius 1 is 1.35 bits per heavy atom. The van der Waals surface area contributed by atoms with E-state index >= 15 is 0 Å². The molecule has 1 saturated heterocycles. The highest BCUT2D eigenvalue weighted by atomic mass is 32.1. The summed E-state index contributed by atoms with van der Waals surface area (Å²) in [5, 5.41) is 0. The van der Waals surface area contributed by atoms with Crippen molar-refractivity contribution >= 4 is 18.5 Å². The van der Waals surface area contributed by atoms with E-state index in [2.05, 4.69) is 12.6 Å². The molecular formula is C15H18FNO2S. The molecule has 0 bridgehead atoms. The van der Waals surface area contributed by atoms with Crippen LogP contribution in [-0.2, 0) is 4.74 Å². The van der Waals surface area contributed by atoms with Gasteiger partial charge in [-0.1, -0.05) is 12.8 Å². The summed E-state index contributed by atoms with van der Waals surface area (Å²) in [6, 6.07) is 4.45. The molecule has 1 aromatic rings. The van der Waals surface area contributed by atoms with Gasteiger partial charge in [-0.25, -0.2) is 4.39 Å². The standard InChI is InChI=1S/C15H18FNO2S/c16-12-6-5-10(20)9-11(12)15(18)17-7-8-19-14-4-2-1-3-13(14)17/h5-6,9,13-14,20H,1-4,7-8H2. The first-order valence-electron chi connectivity index (χ1n) is 7.08. The van der Waals surface area contributed by atoms with Crippen molar-refractivity contribution in [3.63, 3.8) is 0 Å². The smallest absolute Gasteiger partial charge is 0.257 e. The largest absolute Gasteiger partial charge is 0.374 e. The first-order chi connectivity index (χ1) is 9.66. The maximum atomic E-state index is 13.9. The fourth-order valence-electron chi connectivity index (χ4n) is 3.18. The van der Waals surface area contributed by atoms with Crippen molar-refractivity contribution in [1.82, 2.24) is 4.90 Å². The summed E-state index contributed by atoms with van der Waals surface area (Å²) >= 11 is 4.19. The summed E-state index contributed by atoms with van der Waals surface area (Å²) in [7, 11) is 0. The molecule has 2 fully saturated rings. The molecule has 0 radical (unpaired) electrons. The van der Waals surface area contributed by atoms with Crippen molar-refractivity contribution in [3.8, 4) is 0 Å². The molecule has 2 atom stereocenters. The summed E-state index contributed by atoms with van der Waals surface area (Å²) in [6.45, 7) is 1.07. The zero-order valence-electron chi connectivity index (χ0n) is 11.2. The van der Waals surface area contributed by atoms with Crippen LogP contribution in [0.4, 0.5) is 4.39 Å². The Balaban J connectivity index is 1.87. The van der Waals surface area contributed by atoms with E-state index in [9.17, 15) is 9.18 Å². The second-order valence-corrected chi connectivity index (χ2v) is 5.94. The van der Waals surface area contributed by atoms with Gasteiger partial charge in [0.15, 0.2) is 0 Å². The Bertz CT molecular complexity index is 521. The van der Waals surface area contributed by atoms with E-state index in [1.54, 1.807) is 11.0 Å². The predicted molar refractivity (Wildman–Crippen MR) is 76.7 cm³/mol.